The van der Waals surface area contributed by atoms with E-state index in [1.165, 1.54) is 30.6 Å². The van der Waals surface area contributed by atoms with Crippen molar-refractivity contribution in [1.29, 1.82) is 0 Å². The maximum atomic E-state index is 12.4. The summed E-state index contributed by atoms with van der Waals surface area (Å²) in [5.74, 6) is 0.926. The lowest BCUT2D eigenvalue weighted by Gasteiger charge is -2.42. The van der Waals surface area contributed by atoms with Crippen molar-refractivity contribution in [3.8, 4) is 22.5 Å². The average Bonchev–Trinajstić information content (AvgIpc) is 3.53. The molecule has 9 heteroatoms. The van der Waals surface area contributed by atoms with E-state index in [9.17, 15) is 4.79 Å². The largest absolute Gasteiger partial charge is 0.338 e. The molecule has 3 aliphatic rings. The average molecular weight is 525 g/mol. The van der Waals surface area contributed by atoms with E-state index in [2.05, 4.69) is 44.3 Å². The number of pyridine rings is 1. The molecule has 39 heavy (non-hydrogen) atoms. The first kappa shape index (κ1) is 24.5. The summed E-state index contributed by atoms with van der Waals surface area (Å²) in [6, 6.07) is 8.91. The SMILES string of the molecule is CC(=O)N1CCc2c(c(-c3cccc4cc(-c5cnn(C)c5)ncc34)nn2C2CN(CC3CCNCC3)C2)C1. The molecule has 9 nitrogen and oxygen atoms in total. The van der Waals surface area contributed by atoms with Gasteiger partial charge >= 0.3 is 0 Å². The molecule has 6 heterocycles. The van der Waals surface area contributed by atoms with Gasteiger partial charge < -0.3 is 10.2 Å². The molecular formula is C30H36N8O. The molecule has 0 radical (unpaired) electrons. The Balaban J connectivity index is 1.23. The lowest BCUT2D eigenvalue weighted by Crippen LogP contribution is -2.51. The highest BCUT2D eigenvalue weighted by atomic mass is 16.2. The number of fused-ring (bicyclic) bond motifs is 2. The van der Waals surface area contributed by atoms with Gasteiger partial charge in [0.25, 0.3) is 0 Å². The molecule has 0 spiro atoms. The van der Waals surface area contributed by atoms with Crippen molar-refractivity contribution in [2.75, 3.05) is 39.3 Å². The van der Waals surface area contributed by atoms with Gasteiger partial charge in [-0.05, 0) is 43.3 Å². The molecule has 3 aromatic heterocycles. The predicted octanol–water partition coefficient (Wildman–Crippen LogP) is 3.26. The monoisotopic (exact) mass is 524 g/mol. The summed E-state index contributed by atoms with van der Waals surface area (Å²) >= 11 is 0. The van der Waals surface area contributed by atoms with Gasteiger partial charge in [-0.3, -0.25) is 24.0 Å². The van der Waals surface area contributed by atoms with Crippen LogP contribution in [0.2, 0.25) is 0 Å². The van der Waals surface area contributed by atoms with Crippen molar-refractivity contribution in [3.63, 3.8) is 0 Å². The number of rotatable bonds is 5. The number of amides is 1. The third-order valence-corrected chi connectivity index (χ3v) is 8.81. The van der Waals surface area contributed by atoms with E-state index in [1.54, 1.807) is 11.6 Å². The van der Waals surface area contributed by atoms with E-state index >= 15 is 0 Å². The Bertz CT molecular complexity index is 1530. The molecule has 2 saturated heterocycles. The third-order valence-electron chi connectivity index (χ3n) is 8.81. The first-order valence-corrected chi connectivity index (χ1v) is 14.2. The predicted molar refractivity (Wildman–Crippen MR) is 151 cm³/mol. The summed E-state index contributed by atoms with van der Waals surface area (Å²) in [6.45, 7) is 8.64. The van der Waals surface area contributed by atoms with Crippen molar-refractivity contribution in [1.82, 2.24) is 39.7 Å². The second kappa shape index (κ2) is 9.88. The highest BCUT2D eigenvalue weighted by molar-refractivity contribution is 5.97. The number of hydrogen-bond donors (Lipinski definition) is 1. The minimum Gasteiger partial charge on any atom is -0.338 e. The van der Waals surface area contributed by atoms with Crippen molar-refractivity contribution in [2.24, 2.45) is 13.0 Å². The number of likely N-dealkylation sites (tertiary alicyclic amines) is 1. The summed E-state index contributed by atoms with van der Waals surface area (Å²) in [4.78, 5) is 21.7. The number of carbonyl (C=O) groups excluding carboxylic acids is 1. The molecule has 0 aliphatic carbocycles. The topological polar surface area (TPSA) is 84.1 Å². The van der Waals surface area contributed by atoms with Gasteiger partial charge in [0, 0.05) is 93.3 Å². The summed E-state index contributed by atoms with van der Waals surface area (Å²) in [5, 5.41) is 15.3. The highest BCUT2D eigenvalue weighted by Gasteiger charge is 2.36. The molecule has 1 aromatic carbocycles. The van der Waals surface area contributed by atoms with Gasteiger partial charge in [0.15, 0.2) is 0 Å². The second-order valence-electron chi connectivity index (χ2n) is 11.5. The van der Waals surface area contributed by atoms with Crippen LogP contribution in [0.1, 0.15) is 37.1 Å². The van der Waals surface area contributed by atoms with Crippen molar-refractivity contribution >= 4 is 16.7 Å². The Kier molecular flexibility index (Phi) is 6.20. The first-order chi connectivity index (χ1) is 19.0. The molecule has 2 fully saturated rings. The molecule has 0 saturated carbocycles. The number of piperidine rings is 1. The Morgan fingerprint density at radius 2 is 2.00 bits per heavy atom. The highest BCUT2D eigenvalue weighted by Crippen LogP contribution is 2.37. The van der Waals surface area contributed by atoms with E-state index in [0.29, 0.717) is 12.6 Å². The van der Waals surface area contributed by atoms with Crippen LogP contribution >= 0.6 is 0 Å². The van der Waals surface area contributed by atoms with Crippen LogP contribution in [-0.2, 0) is 24.8 Å². The van der Waals surface area contributed by atoms with Crippen LogP contribution in [-0.4, -0.2) is 79.5 Å². The fourth-order valence-corrected chi connectivity index (χ4v) is 6.60. The molecule has 4 aromatic rings. The molecule has 1 amide bonds. The maximum Gasteiger partial charge on any atom is 0.219 e. The molecular weight excluding hydrogens is 488 g/mol. The van der Waals surface area contributed by atoms with Crippen LogP contribution in [0.5, 0.6) is 0 Å². The normalized spacial score (nSPS) is 18.9. The van der Waals surface area contributed by atoms with Gasteiger partial charge in [0.05, 0.1) is 23.6 Å². The Labute approximate surface area is 228 Å². The zero-order chi connectivity index (χ0) is 26.5. The van der Waals surface area contributed by atoms with Crippen molar-refractivity contribution < 1.29 is 4.79 Å². The maximum absolute atomic E-state index is 12.4. The van der Waals surface area contributed by atoms with Gasteiger partial charge in [-0.25, -0.2) is 0 Å². The summed E-state index contributed by atoms with van der Waals surface area (Å²) in [7, 11) is 1.92. The number of nitrogens with one attached hydrogen (secondary N) is 1. The van der Waals surface area contributed by atoms with Crippen LogP contribution in [0, 0.1) is 5.92 Å². The third kappa shape index (κ3) is 4.53. The summed E-state index contributed by atoms with van der Waals surface area (Å²) < 4.78 is 4.10. The van der Waals surface area contributed by atoms with Crippen LogP contribution in [0.25, 0.3) is 33.3 Å². The second-order valence-corrected chi connectivity index (χ2v) is 11.5. The molecule has 1 N–H and O–H groups in total. The lowest BCUT2D eigenvalue weighted by molar-refractivity contribution is -0.129. The zero-order valence-electron chi connectivity index (χ0n) is 22.8. The van der Waals surface area contributed by atoms with Gasteiger partial charge in [0.1, 0.15) is 0 Å². The standard InChI is InChI=1S/C30H36N8O/c1-20(39)37-11-8-29-27(19-37)30(34-38(29)24-17-36(18-24)15-21-6-9-31-10-7-21)25-5-3-4-22-12-28(32-14-26(22)25)23-13-33-35(2)16-23/h3-5,12-14,16,21,24,31H,6-11,15,17-19H2,1-2H3. The molecule has 7 rings (SSSR count). The number of nitrogens with zero attached hydrogens (tertiary/aromatic N) is 7. The number of benzene rings is 1. The van der Waals surface area contributed by atoms with Crippen LogP contribution < -0.4 is 5.32 Å². The number of hydrogen-bond acceptors (Lipinski definition) is 6. The van der Waals surface area contributed by atoms with Gasteiger partial charge in [-0.15, -0.1) is 0 Å². The van der Waals surface area contributed by atoms with Gasteiger partial charge in [0.2, 0.25) is 5.91 Å². The van der Waals surface area contributed by atoms with Crippen LogP contribution in [0.4, 0.5) is 0 Å². The van der Waals surface area contributed by atoms with Gasteiger partial charge in [-0.1, -0.05) is 18.2 Å². The smallest absolute Gasteiger partial charge is 0.219 e. The lowest BCUT2D eigenvalue weighted by atomic mass is 9.95. The van der Waals surface area contributed by atoms with E-state index in [4.69, 9.17) is 10.1 Å². The molecule has 3 aliphatic heterocycles. The quantitative estimate of drug-likeness (QED) is 0.432. The molecule has 202 valence electrons. The van der Waals surface area contributed by atoms with Gasteiger partial charge in [-0.2, -0.15) is 10.2 Å². The fourth-order valence-electron chi connectivity index (χ4n) is 6.60. The fraction of sp³-hybridized carbons (Fsp3) is 0.467. The number of carbonyl (C=O) groups is 1. The van der Waals surface area contributed by atoms with Crippen molar-refractivity contribution in [3.05, 3.63) is 54.1 Å². The molecule has 0 unspecified atom stereocenters. The minimum atomic E-state index is 0.122. The summed E-state index contributed by atoms with van der Waals surface area (Å²) in [5.41, 5.74) is 6.48. The van der Waals surface area contributed by atoms with Crippen LogP contribution in [0.15, 0.2) is 42.9 Å². The Morgan fingerprint density at radius 1 is 1.15 bits per heavy atom. The van der Waals surface area contributed by atoms with E-state index in [1.807, 2.05) is 30.5 Å². The van der Waals surface area contributed by atoms with E-state index in [0.717, 1.165) is 78.3 Å². The van der Waals surface area contributed by atoms with E-state index < -0.39 is 0 Å². The van der Waals surface area contributed by atoms with E-state index in [-0.39, 0.29) is 5.91 Å². The zero-order valence-corrected chi connectivity index (χ0v) is 22.8. The number of aryl methyl sites for hydroxylation is 1. The minimum absolute atomic E-state index is 0.122. The number of aromatic nitrogens is 5. The Morgan fingerprint density at radius 3 is 2.77 bits per heavy atom. The first-order valence-electron chi connectivity index (χ1n) is 14.2. The summed E-state index contributed by atoms with van der Waals surface area (Å²) in [6.07, 6.45) is 9.20. The molecule has 0 atom stereocenters. The molecule has 0 bridgehead atoms. The van der Waals surface area contributed by atoms with Crippen molar-refractivity contribution in [2.45, 2.75) is 38.8 Å². The Hall–Kier alpha value is -3.56. The van der Waals surface area contributed by atoms with Crippen LogP contribution in [0.3, 0.4) is 0 Å².